The molecular weight excluding hydrogens is 268 g/mol. The molecule has 1 aliphatic rings. The first kappa shape index (κ1) is 11.6. The molecular formula is C11H12N4OS2. The lowest BCUT2D eigenvalue weighted by Crippen LogP contribution is -1.89. The van der Waals surface area contributed by atoms with Crippen LogP contribution in [0, 0.1) is 15.5 Å². The molecule has 0 radical (unpaired) electrons. The quantitative estimate of drug-likeness (QED) is 0.670. The Labute approximate surface area is 114 Å². The highest BCUT2D eigenvalue weighted by Crippen LogP contribution is 2.47. The summed E-state index contributed by atoms with van der Waals surface area (Å²) in [5, 5.41) is 9.61. The van der Waals surface area contributed by atoms with E-state index < -0.39 is 0 Å². The van der Waals surface area contributed by atoms with Gasteiger partial charge in [0, 0.05) is 5.92 Å². The maximum Gasteiger partial charge on any atom is 0.215 e. The number of furan rings is 1. The van der Waals surface area contributed by atoms with Crippen molar-refractivity contribution in [3.63, 3.8) is 0 Å². The van der Waals surface area contributed by atoms with E-state index in [9.17, 15) is 0 Å². The van der Waals surface area contributed by atoms with E-state index in [1.165, 1.54) is 11.1 Å². The zero-order valence-corrected chi connectivity index (χ0v) is 11.3. The zero-order chi connectivity index (χ0) is 12.7. The van der Waals surface area contributed by atoms with Crippen LogP contribution in [-0.4, -0.2) is 21.1 Å². The van der Waals surface area contributed by atoms with Gasteiger partial charge in [-0.1, -0.05) is 6.92 Å². The fourth-order valence-electron chi connectivity index (χ4n) is 1.88. The lowest BCUT2D eigenvalue weighted by molar-refractivity contribution is 0.500. The molecule has 0 saturated heterocycles. The highest BCUT2D eigenvalue weighted by atomic mass is 32.1. The molecule has 1 fully saturated rings. The molecule has 0 spiro atoms. The Kier molecular flexibility index (Phi) is 2.79. The molecule has 0 amide bonds. The van der Waals surface area contributed by atoms with Gasteiger partial charge < -0.3 is 4.42 Å². The average molecular weight is 280 g/mol. The maximum absolute atomic E-state index is 5.70. The largest absolute Gasteiger partial charge is 0.460 e. The third-order valence-electron chi connectivity index (χ3n) is 3.08. The number of rotatable bonds is 3. The number of aromatic amines is 2. The summed E-state index contributed by atoms with van der Waals surface area (Å²) in [4.78, 5) is 0. The molecule has 2 aromatic rings. The van der Waals surface area contributed by atoms with Gasteiger partial charge in [0.1, 0.15) is 11.5 Å². The number of nitrogens with one attached hydrogen (secondary N) is 2. The summed E-state index contributed by atoms with van der Waals surface area (Å²) in [6.45, 7) is 2.22. The van der Waals surface area contributed by atoms with Crippen LogP contribution in [-0.2, 0) is 0 Å². The van der Waals surface area contributed by atoms with Gasteiger partial charge in [-0.3, -0.25) is 10.2 Å². The van der Waals surface area contributed by atoms with E-state index in [1.807, 2.05) is 12.1 Å². The van der Waals surface area contributed by atoms with Crippen LogP contribution in [0.15, 0.2) is 21.7 Å². The molecule has 18 heavy (non-hydrogen) atoms. The first-order chi connectivity index (χ1) is 8.65. The average Bonchev–Trinajstić information content (AvgIpc) is 2.76. The van der Waals surface area contributed by atoms with Gasteiger partial charge in [0.25, 0.3) is 0 Å². The molecule has 0 aromatic carbocycles. The molecule has 0 aliphatic heterocycles. The van der Waals surface area contributed by atoms with E-state index >= 15 is 0 Å². The second kappa shape index (κ2) is 4.33. The lowest BCUT2D eigenvalue weighted by Gasteiger charge is -1.91. The van der Waals surface area contributed by atoms with Crippen molar-refractivity contribution in [3.8, 4) is 0 Å². The van der Waals surface area contributed by atoms with E-state index in [4.69, 9.17) is 28.9 Å². The number of hydrogen-bond acceptors (Lipinski definition) is 4. The molecule has 5 nitrogen and oxygen atoms in total. The fraction of sp³-hybridized carbons (Fsp3) is 0.364. The molecule has 0 unspecified atom stereocenters. The van der Waals surface area contributed by atoms with Crippen LogP contribution in [0.5, 0.6) is 0 Å². The number of nitrogens with zero attached hydrogens (tertiary/aromatic N) is 2. The highest BCUT2D eigenvalue weighted by molar-refractivity contribution is 7.72. The van der Waals surface area contributed by atoms with Crippen LogP contribution in [0.4, 0.5) is 0 Å². The van der Waals surface area contributed by atoms with Gasteiger partial charge in [0.15, 0.2) is 0 Å². The molecule has 2 aromatic heterocycles. The SMILES string of the molecule is C[C@@H]1C[C@H]1c1ccc(/C=N\n2c(=S)[nH][nH]c2=S)o1. The molecule has 3 rings (SSSR count). The highest BCUT2D eigenvalue weighted by Gasteiger charge is 2.36. The maximum atomic E-state index is 5.70. The lowest BCUT2D eigenvalue weighted by atomic mass is 10.3. The van der Waals surface area contributed by atoms with Crippen molar-refractivity contribution in [2.24, 2.45) is 11.0 Å². The summed E-state index contributed by atoms with van der Waals surface area (Å²) in [6.07, 6.45) is 2.82. The van der Waals surface area contributed by atoms with Crippen molar-refractivity contribution >= 4 is 30.7 Å². The zero-order valence-electron chi connectivity index (χ0n) is 9.71. The number of hydrogen-bond donors (Lipinski definition) is 2. The van der Waals surface area contributed by atoms with Crippen LogP contribution in [0.2, 0.25) is 0 Å². The van der Waals surface area contributed by atoms with E-state index in [2.05, 4.69) is 22.2 Å². The Balaban J connectivity index is 1.82. The summed E-state index contributed by atoms with van der Waals surface area (Å²) in [5.74, 6) is 3.05. The van der Waals surface area contributed by atoms with Gasteiger partial charge in [-0.15, -0.1) is 0 Å². The predicted molar refractivity (Wildman–Crippen MR) is 73.0 cm³/mol. The summed E-state index contributed by atoms with van der Waals surface area (Å²) in [5.41, 5.74) is 0. The summed E-state index contributed by atoms with van der Waals surface area (Å²) >= 11 is 10.1. The second-order valence-corrected chi connectivity index (χ2v) is 5.25. The molecule has 7 heteroatoms. The minimum atomic E-state index is 0.429. The van der Waals surface area contributed by atoms with E-state index in [0.29, 0.717) is 21.2 Å². The Morgan fingerprint density at radius 1 is 1.39 bits per heavy atom. The van der Waals surface area contributed by atoms with Crippen molar-refractivity contribution in [3.05, 3.63) is 33.2 Å². The summed E-state index contributed by atoms with van der Waals surface area (Å²) in [6, 6.07) is 3.92. The fourth-order valence-corrected chi connectivity index (χ4v) is 2.32. The Morgan fingerprint density at radius 2 is 2.06 bits per heavy atom. The summed E-state index contributed by atoms with van der Waals surface area (Å²) < 4.78 is 8.00. The third kappa shape index (κ3) is 2.11. The number of aromatic nitrogens is 3. The Bertz CT molecular complexity index is 677. The predicted octanol–water partition coefficient (Wildman–Crippen LogP) is 3.20. The van der Waals surface area contributed by atoms with Crippen LogP contribution >= 0.6 is 24.4 Å². The van der Waals surface area contributed by atoms with E-state index in [-0.39, 0.29) is 0 Å². The minimum Gasteiger partial charge on any atom is -0.460 e. The third-order valence-corrected chi connectivity index (χ3v) is 3.63. The van der Waals surface area contributed by atoms with Gasteiger partial charge in [-0.05, 0) is 48.9 Å². The minimum absolute atomic E-state index is 0.429. The van der Waals surface area contributed by atoms with Crippen molar-refractivity contribution < 1.29 is 4.42 Å². The molecule has 1 aliphatic carbocycles. The van der Waals surface area contributed by atoms with Crippen LogP contribution < -0.4 is 0 Å². The monoisotopic (exact) mass is 280 g/mol. The molecule has 0 bridgehead atoms. The van der Waals surface area contributed by atoms with Crippen molar-refractivity contribution in [1.29, 1.82) is 0 Å². The van der Waals surface area contributed by atoms with Crippen LogP contribution in [0.3, 0.4) is 0 Å². The molecule has 2 atom stereocenters. The Morgan fingerprint density at radius 3 is 2.67 bits per heavy atom. The van der Waals surface area contributed by atoms with Crippen molar-refractivity contribution in [1.82, 2.24) is 14.9 Å². The van der Waals surface area contributed by atoms with Crippen LogP contribution in [0.1, 0.15) is 30.8 Å². The smallest absolute Gasteiger partial charge is 0.215 e. The van der Waals surface area contributed by atoms with Crippen LogP contribution in [0.25, 0.3) is 0 Å². The number of H-pyrrole nitrogens is 2. The topological polar surface area (TPSA) is 62.0 Å². The molecule has 2 heterocycles. The van der Waals surface area contributed by atoms with Gasteiger partial charge in [-0.25, -0.2) is 0 Å². The van der Waals surface area contributed by atoms with Gasteiger partial charge in [0.2, 0.25) is 9.54 Å². The first-order valence-electron chi connectivity index (χ1n) is 5.69. The second-order valence-electron chi connectivity index (χ2n) is 4.48. The standard InChI is InChI=1S/C11H12N4OS2/c1-6-4-8(6)9-3-2-7(16-9)5-12-15-10(17)13-14-11(15)18/h2-3,5-6,8H,4H2,1H3,(H,13,17)(H,14,18)/b12-5-/t6-,8-/m1/s1. The molecule has 1 saturated carbocycles. The van der Waals surface area contributed by atoms with Crippen molar-refractivity contribution in [2.45, 2.75) is 19.3 Å². The molecule has 94 valence electrons. The van der Waals surface area contributed by atoms with Gasteiger partial charge in [-0.2, -0.15) is 9.78 Å². The van der Waals surface area contributed by atoms with Crippen molar-refractivity contribution in [2.75, 3.05) is 0 Å². The normalized spacial score (nSPS) is 22.7. The molecule has 2 N–H and O–H groups in total. The van der Waals surface area contributed by atoms with Gasteiger partial charge >= 0.3 is 0 Å². The Hall–Kier alpha value is -1.47. The van der Waals surface area contributed by atoms with E-state index in [1.54, 1.807) is 6.21 Å². The van der Waals surface area contributed by atoms with E-state index in [0.717, 1.165) is 11.7 Å². The summed E-state index contributed by atoms with van der Waals surface area (Å²) in [7, 11) is 0. The first-order valence-corrected chi connectivity index (χ1v) is 6.50. The van der Waals surface area contributed by atoms with Gasteiger partial charge in [0.05, 0.1) is 6.21 Å².